The number of hydrogen-bond acceptors (Lipinski definition) is 0. The standard InChI is InChI=1S/C19H21Si.Zr/c1-14-12-16-6-5-7-18(19(16)13-14)15-8-10-17(11-9-15)20(2,3)4;/h5-13H,1-4H3;/q-1;. The van der Waals surface area contributed by atoms with E-state index in [1.807, 2.05) is 0 Å². The van der Waals surface area contributed by atoms with Gasteiger partial charge in [0.25, 0.3) is 0 Å². The Bertz CT molecular complexity index is 745. The Morgan fingerprint density at radius 3 is 2.19 bits per heavy atom. The third kappa shape index (κ3) is 3.33. The van der Waals surface area contributed by atoms with Gasteiger partial charge in [0.2, 0.25) is 0 Å². The summed E-state index contributed by atoms with van der Waals surface area (Å²) in [4.78, 5) is 0. The second-order valence-corrected chi connectivity index (χ2v) is 11.7. The molecule has 0 heterocycles. The molecule has 0 saturated carbocycles. The Balaban J connectivity index is 0.00000161. The van der Waals surface area contributed by atoms with Gasteiger partial charge in [0.15, 0.2) is 0 Å². The van der Waals surface area contributed by atoms with E-state index in [4.69, 9.17) is 0 Å². The molecule has 0 amide bonds. The smallest absolute Gasteiger partial charge is 0.0775 e. The van der Waals surface area contributed by atoms with Crippen molar-refractivity contribution in [3.05, 3.63) is 60.2 Å². The summed E-state index contributed by atoms with van der Waals surface area (Å²) >= 11 is 0. The molecule has 0 aromatic heterocycles. The van der Waals surface area contributed by atoms with Crippen LogP contribution in [-0.2, 0) is 26.2 Å². The van der Waals surface area contributed by atoms with Gasteiger partial charge < -0.3 is 0 Å². The number of aryl methyl sites for hydroxylation is 1. The second kappa shape index (κ2) is 6.10. The molecule has 0 fully saturated rings. The van der Waals surface area contributed by atoms with Crippen molar-refractivity contribution in [3.8, 4) is 11.1 Å². The molecule has 0 aliphatic heterocycles. The fourth-order valence-corrected chi connectivity index (χ4v) is 3.95. The van der Waals surface area contributed by atoms with Gasteiger partial charge in [0, 0.05) is 26.2 Å². The zero-order valence-electron chi connectivity index (χ0n) is 13.2. The fraction of sp³-hybridized carbons (Fsp3) is 0.211. The molecule has 0 radical (unpaired) electrons. The van der Waals surface area contributed by atoms with Crippen molar-refractivity contribution >= 4 is 24.0 Å². The summed E-state index contributed by atoms with van der Waals surface area (Å²) in [5, 5.41) is 4.23. The third-order valence-electron chi connectivity index (χ3n) is 3.96. The zero-order chi connectivity index (χ0) is 14.3. The monoisotopic (exact) mass is 367 g/mol. The predicted molar refractivity (Wildman–Crippen MR) is 92.7 cm³/mol. The summed E-state index contributed by atoms with van der Waals surface area (Å²) in [6, 6.07) is 20.3. The van der Waals surface area contributed by atoms with Crippen LogP contribution >= 0.6 is 0 Å². The van der Waals surface area contributed by atoms with E-state index in [9.17, 15) is 0 Å². The van der Waals surface area contributed by atoms with Crippen LogP contribution in [0.2, 0.25) is 19.6 Å². The first-order chi connectivity index (χ1) is 9.45. The van der Waals surface area contributed by atoms with Crippen LogP contribution in [0.5, 0.6) is 0 Å². The molecule has 2 heteroatoms. The van der Waals surface area contributed by atoms with Crippen LogP contribution < -0.4 is 5.19 Å². The number of fused-ring (bicyclic) bond motifs is 1. The van der Waals surface area contributed by atoms with E-state index in [1.54, 1.807) is 0 Å². The van der Waals surface area contributed by atoms with E-state index in [0.29, 0.717) is 0 Å². The van der Waals surface area contributed by atoms with E-state index in [2.05, 4.69) is 81.2 Å². The summed E-state index contributed by atoms with van der Waals surface area (Å²) in [5.74, 6) is 0. The van der Waals surface area contributed by atoms with Crippen molar-refractivity contribution in [3.63, 3.8) is 0 Å². The van der Waals surface area contributed by atoms with E-state index in [0.717, 1.165) is 0 Å². The van der Waals surface area contributed by atoms with Crippen LogP contribution in [0.4, 0.5) is 0 Å². The maximum Gasteiger partial charge on any atom is 0.0775 e. The first-order valence-corrected chi connectivity index (χ1v) is 10.7. The Hall–Kier alpha value is -0.850. The van der Waals surface area contributed by atoms with Crippen LogP contribution in [0.1, 0.15) is 5.56 Å². The van der Waals surface area contributed by atoms with Crippen molar-refractivity contribution in [1.82, 2.24) is 0 Å². The van der Waals surface area contributed by atoms with Gasteiger partial charge in [-0.25, -0.2) is 0 Å². The largest absolute Gasteiger partial charge is 0.165 e. The Labute approximate surface area is 147 Å². The minimum absolute atomic E-state index is 0. The predicted octanol–water partition coefficient (Wildman–Crippen LogP) is 5.08. The summed E-state index contributed by atoms with van der Waals surface area (Å²) in [7, 11) is -1.21. The maximum absolute atomic E-state index is 2.39. The van der Waals surface area contributed by atoms with Crippen molar-refractivity contribution < 1.29 is 26.2 Å². The van der Waals surface area contributed by atoms with Gasteiger partial charge in [-0.2, -0.15) is 6.07 Å². The minimum Gasteiger partial charge on any atom is -0.165 e. The van der Waals surface area contributed by atoms with E-state index >= 15 is 0 Å². The van der Waals surface area contributed by atoms with Gasteiger partial charge in [-0.3, -0.25) is 0 Å². The molecule has 0 bridgehead atoms. The van der Waals surface area contributed by atoms with Crippen LogP contribution in [0.25, 0.3) is 21.9 Å². The van der Waals surface area contributed by atoms with E-state index in [-0.39, 0.29) is 26.2 Å². The first-order valence-electron chi connectivity index (χ1n) is 7.22. The van der Waals surface area contributed by atoms with Gasteiger partial charge in [-0.1, -0.05) is 67.6 Å². The molecule has 0 nitrogen and oxygen atoms in total. The van der Waals surface area contributed by atoms with Crippen molar-refractivity contribution in [2.75, 3.05) is 0 Å². The molecule has 0 aliphatic carbocycles. The maximum atomic E-state index is 2.39. The summed E-state index contributed by atoms with van der Waals surface area (Å²) in [6.07, 6.45) is 0. The van der Waals surface area contributed by atoms with Crippen molar-refractivity contribution in [2.45, 2.75) is 26.6 Å². The van der Waals surface area contributed by atoms with Crippen LogP contribution in [0.3, 0.4) is 0 Å². The van der Waals surface area contributed by atoms with E-state index < -0.39 is 8.07 Å². The van der Waals surface area contributed by atoms with Crippen LogP contribution in [0, 0.1) is 6.92 Å². The number of hydrogen-bond donors (Lipinski definition) is 0. The number of benzene rings is 2. The van der Waals surface area contributed by atoms with Crippen LogP contribution in [0.15, 0.2) is 54.6 Å². The van der Waals surface area contributed by atoms with Gasteiger partial charge >= 0.3 is 0 Å². The Kier molecular flexibility index (Phi) is 4.80. The minimum atomic E-state index is -1.21. The molecule has 0 aliphatic rings. The van der Waals surface area contributed by atoms with Crippen molar-refractivity contribution in [2.24, 2.45) is 0 Å². The molecule has 0 N–H and O–H groups in total. The van der Waals surface area contributed by atoms with Gasteiger partial charge in [-0.15, -0.1) is 34.5 Å². The molecule has 3 aromatic carbocycles. The average molecular weight is 369 g/mol. The summed E-state index contributed by atoms with van der Waals surface area (Å²) < 4.78 is 0. The Morgan fingerprint density at radius 1 is 0.905 bits per heavy atom. The van der Waals surface area contributed by atoms with Gasteiger partial charge in [0.1, 0.15) is 0 Å². The molecule has 0 atom stereocenters. The molecule has 106 valence electrons. The van der Waals surface area contributed by atoms with Crippen molar-refractivity contribution in [1.29, 1.82) is 0 Å². The molecule has 3 aromatic rings. The average Bonchev–Trinajstić information content (AvgIpc) is 2.78. The quantitative estimate of drug-likeness (QED) is 0.437. The zero-order valence-corrected chi connectivity index (χ0v) is 16.7. The first kappa shape index (κ1) is 16.5. The molecule has 21 heavy (non-hydrogen) atoms. The summed E-state index contributed by atoms with van der Waals surface area (Å²) in [6.45, 7) is 9.34. The molecule has 3 rings (SSSR count). The molecule has 0 spiro atoms. The topological polar surface area (TPSA) is 0 Å². The Morgan fingerprint density at radius 2 is 1.57 bits per heavy atom. The van der Waals surface area contributed by atoms with Gasteiger partial charge in [-0.05, 0) is 5.56 Å². The number of rotatable bonds is 2. The molecule has 0 unspecified atom stereocenters. The van der Waals surface area contributed by atoms with Crippen LogP contribution in [-0.4, -0.2) is 8.07 Å². The third-order valence-corrected chi connectivity index (χ3v) is 6.02. The normalized spacial score (nSPS) is 11.4. The SMILES string of the molecule is Cc1cc2c(-c3ccc([Si](C)(C)C)cc3)cccc2[cH-]1.[Zr]. The van der Waals surface area contributed by atoms with E-state index in [1.165, 1.54) is 32.6 Å². The second-order valence-electron chi connectivity index (χ2n) is 6.67. The summed E-state index contributed by atoms with van der Waals surface area (Å²) in [5.41, 5.74) is 4.01. The van der Waals surface area contributed by atoms with Gasteiger partial charge in [0.05, 0.1) is 8.07 Å². The fourth-order valence-electron chi connectivity index (χ4n) is 2.79. The molecule has 0 saturated heterocycles. The molecular formula is C19H21SiZr-. The molecular weight excluding hydrogens is 348 g/mol.